The summed E-state index contributed by atoms with van der Waals surface area (Å²) in [6, 6.07) is 4.33. The first-order valence-corrected chi connectivity index (χ1v) is 9.11. The SMILES string of the molecule is N#Cc1ccc(N2C[C@@H]3[C@@H]4O[C@@H](C[C@H]4O)[C@@H]3S2(=O)=O)cc1C(F)(F)F. The second-order valence-corrected chi connectivity index (χ2v) is 8.50. The summed E-state index contributed by atoms with van der Waals surface area (Å²) in [5.41, 5.74) is -1.86. The molecule has 3 fully saturated rings. The van der Waals surface area contributed by atoms with E-state index in [9.17, 15) is 26.7 Å². The number of hydrogen-bond donors (Lipinski definition) is 1. The number of anilines is 1. The zero-order chi connectivity index (χ0) is 18.1. The van der Waals surface area contributed by atoms with Gasteiger partial charge >= 0.3 is 6.18 Å². The Hall–Kier alpha value is -1.83. The molecule has 3 heterocycles. The summed E-state index contributed by atoms with van der Waals surface area (Å²) >= 11 is 0. The molecular weight excluding hydrogens is 361 g/mol. The molecular formula is C15H13F3N2O4S. The van der Waals surface area contributed by atoms with Crippen molar-refractivity contribution in [3.63, 3.8) is 0 Å². The van der Waals surface area contributed by atoms with Crippen LogP contribution in [0.1, 0.15) is 17.5 Å². The molecule has 0 aromatic heterocycles. The van der Waals surface area contributed by atoms with Crippen LogP contribution in [0, 0.1) is 17.2 Å². The lowest BCUT2D eigenvalue weighted by Gasteiger charge is -2.22. The van der Waals surface area contributed by atoms with Crippen molar-refractivity contribution in [3.05, 3.63) is 29.3 Å². The van der Waals surface area contributed by atoms with Gasteiger partial charge in [0.2, 0.25) is 10.0 Å². The summed E-state index contributed by atoms with van der Waals surface area (Å²) in [6.07, 6.45) is -6.57. The fraction of sp³-hybridized carbons (Fsp3) is 0.533. The summed E-state index contributed by atoms with van der Waals surface area (Å²) in [4.78, 5) is 0. The largest absolute Gasteiger partial charge is 0.417 e. The minimum absolute atomic E-state index is 0.0472. The number of aliphatic hydroxyl groups is 1. The van der Waals surface area contributed by atoms with Crippen molar-refractivity contribution in [2.75, 3.05) is 10.8 Å². The first kappa shape index (κ1) is 16.6. The molecule has 10 heteroatoms. The van der Waals surface area contributed by atoms with Gasteiger partial charge in [-0.2, -0.15) is 18.4 Å². The van der Waals surface area contributed by atoms with E-state index in [4.69, 9.17) is 10.00 Å². The van der Waals surface area contributed by atoms with Crippen molar-refractivity contribution in [2.45, 2.75) is 36.2 Å². The molecule has 5 atom stereocenters. The number of rotatable bonds is 1. The topological polar surface area (TPSA) is 90.6 Å². The third-order valence-corrected chi connectivity index (χ3v) is 7.46. The second-order valence-electron chi connectivity index (χ2n) is 6.49. The monoisotopic (exact) mass is 374 g/mol. The van der Waals surface area contributed by atoms with E-state index >= 15 is 0 Å². The van der Waals surface area contributed by atoms with Crippen molar-refractivity contribution in [1.82, 2.24) is 0 Å². The van der Waals surface area contributed by atoms with Crippen molar-refractivity contribution in [3.8, 4) is 6.07 Å². The van der Waals surface area contributed by atoms with Crippen LogP contribution in [0.5, 0.6) is 0 Å². The minimum atomic E-state index is -4.77. The number of ether oxygens (including phenoxy) is 1. The van der Waals surface area contributed by atoms with Crippen LogP contribution in [0.25, 0.3) is 0 Å². The van der Waals surface area contributed by atoms with Gasteiger partial charge in [-0.05, 0) is 18.2 Å². The molecule has 1 aromatic carbocycles. The summed E-state index contributed by atoms with van der Waals surface area (Å²) in [7, 11) is -3.91. The first-order chi connectivity index (χ1) is 11.6. The molecule has 3 aliphatic rings. The van der Waals surface area contributed by atoms with Crippen LogP contribution in [0.4, 0.5) is 18.9 Å². The highest BCUT2D eigenvalue weighted by Gasteiger charge is 2.64. The van der Waals surface area contributed by atoms with E-state index in [0.29, 0.717) is 6.07 Å². The highest BCUT2D eigenvalue weighted by atomic mass is 32.2. The van der Waals surface area contributed by atoms with E-state index < -0.39 is 56.8 Å². The molecule has 0 saturated carbocycles. The van der Waals surface area contributed by atoms with Crippen molar-refractivity contribution in [1.29, 1.82) is 5.26 Å². The lowest BCUT2D eigenvalue weighted by Crippen LogP contribution is -2.40. The molecule has 0 spiro atoms. The van der Waals surface area contributed by atoms with Gasteiger partial charge in [-0.3, -0.25) is 4.31 Å². The Morgan fingerprint density at radius 1 is 1.36 bits per heavy atom. The van der Waals surface area contributed by atoms with Crippen molar-refractivity contribution < 1.29 is 31.4 Å². The van der Waals surface area contributed by atoms with Crippen molar-refractivity contribution in [2.24, 2.45) is 5.92 Å². The van der Waals surface area contributed by atoms with E-state index in [-0.39, 0.29) is 18.7 Å². The number of benzene rings is 1. The Balaban J connectivity index is 1.76. The van der Waals surface area contributed by atoms with E-state index in [1.54, 1.807) is 0 Å². The molecule has 0 amide bonds. The number of fused-ring (bicyclic) bond motifs is 5. The van der Waals surface area contributed by atoms with Crippen LogP contribution in [-0.2, 0) is 20.9 Å². The number of sulfonamides is 1. The maximum absolute atomic E-state index is 13.1. The highest BCUT2D eigenvalue weighted by Crippen LogP contribution is 2.49. The molecule has 134 valence electrons. The zero-order valence-electron chi connectivity index (χ0n) is 12.6. The molecule has 6 nitrogen and oxygen atoms in total. The predicted octanol–water partition coefficient (Wildman–Crippen LogP) is 1.24. The Kier molecular flexibility index (Phi) is 3.39. The average Bonchev–Trinajstić information content (AvgIpc) is 3.15. The summed E-state index contributed by atoms with van der Waals surface area (Å²) < 4.78 is 71.5. The molecule has 25 heavy (non-hydrogen) atoms. The third-order valence-electron chi connectivity index (χ3n) is 5.14. The van der Waals surface area contributed by atoms with Gasteiger partial charge in [0.1, 0.15) is 5.25 Å². The fourth-order valence-electron chi connectivity index (χ4n) is 4.12. The van der Waals surface area contributed by atoms with Crippen LogP contribution in [0.2, 0.25) is 0 Å². The van der Waals surface area contributed by atoms with E-state index in [1.165, 1.54) is 12.1 Å². The number of hydrogen-bond acceptors (Lipinski definition) is 5. The average molecular weight is 374 g/mol. The van der Waals surface area contributed by atoms with Crippen LogP contribution >= 0.6 is 0 Å². The normalized spacial score (nSPS) is 35.6. The van der Waals surface area contributed by atoms with Gasteiger partial charge in [0.05, 0.1) is 41.2 Å². The van der Waals surface area contributed by atoms with Gasteiger partial charge in [0, 0.05) is 18.9 Å². The lowest BCUT2D eigenvalue weighted by atomic mass is 9.87. The minimum Gasteiger partial charge on any atom is -0.390 e. The van der Waals surface area contributed by atoms with Gasteiger partial charge in [-0.1, -0.05) is 0 Å². The number of aliphatic hydroxyl groups excluding tert-OH is 1. The number of nitriles is 1. The Bertz CT molecular complexity index is 880. The van der Waals surface area contributed by atoms with E-state index in [0.717, 1.165) is 10.4 Å². The van der Waals surface area contributed by atoms with Crippen molar-refractivity contribution >= 4 is 15.7 Å². The Labute approximate surface area is 141 Å². The van der Waals surface area contributed by atoms with Crippen LogP contribution in [0.3, 0.4) is 0 Å². The zero-order valence-corrected chi connectivity index (χ0v) is 13.5. The maximum atomic E-state index is 13.1. The second kappa shape index (κ2) is 5.09. The molecule has 1 N–H and O–H groups in total. The lowest BCUT2D eigenvalue weighted by molar-refractivity contribution is -0.137. The van der Waals surface area contributed by atoms with Crippen LogP contribution in [-0.4, -0.2) is 43.6 Å². The molecule has 3 saturated heterocycles. The van der Waals surface area contributed by atoms with E-state index in [1.807, 2.05) is 0 Å². The summed E-state index contributed by atoms with van der Waals surface area (Å²) in [6.45, 7) is -0.0472. The molecule has 4 rings (SSSR count). The van der Waals surface area contributed by atoms with Gasteiger partial charge in [-0.15, -0.1) is 0 Å². The molecule has 2 bridgehead atoms. The first-order valence-electron chi connectivity index (χ1n) is 7.61. The van der Waals surface area contributed by atoms with Gasteiger partial charge in [0.25, 0.3) is 0 Å². The molecule has 0 aliphatic carbocycles. The van der Waals surface area contributed by atoms with Gasteiger partial charge in [0.15, 0.2) is 0 Å². The van der Waals surface area contributed by atoms with Crippen LogP contribution < -0.4 is 4.31 Å². The summed E-state index contributed by atoms with van der Waals surface area (Å²) in [5, 5.41) is 17.9. The van der Waals surface area contributed by atoms with Crippen LogP contribution in [0.15, 0.2) is 18.2 Å². The van der Waals surface area contributed by atoms with Gasteiger partial charge < -0.3 is 9.84 Å². The number of nitrogens with zero attached hydrogens (tertiary/aromatic N) is 2. The van der Waals surface area contributed by atoms with E-state index in [2.05, 4.69) is 0 Å². The standard InChI is InChI=1S/C15H13F3N2O4S/c16-15(17,18)10-3-8(2-1-7(10)5-19)20-6-9-13-11(21)4-12(24-13)14(9)25(20,22)23/h1-3,9,11-14,21H,4,6H2/t9-,11-,12+,13+,14-/m1/s1. The Morgan fingerprint density at radius 3 is 2.72 bits per heavy atom. The number of halogens is 3. The summed E-state index contributed by atoms with van der Waals surface area (Å²) in [5.74, 6) is -0.483. The number of alkyl halides is 3. The fourth-order valence-corrected chi connectivity index (χ4v) is 6.44. The third kappa shape index (κ3) is 2.26. The quantitative estimate of drug-likeness (QED) is 0.799. The molecule has 0 radical (unpaired) electrons. The highest BCUT2D eigenvalue weighted by molar-refractivity contribution is 7.93. The van der Waals surface area contributed by atoms with Gasteiger partial charge in [-0.25, -0.2) is 8.42 Å². The molecule has 3 aliphatic heterocycles. The smallest absolute Gasteiger partial charge is 0.390 e. The molecule has 0 unspecified atom stereocenters. The Morgan fingerprint density at radius 2 is 2.08 bits per heavy atom. The maximum Gasteiger partial charge on any atom is 0.417 e. The molecule has 1 aromatic rings. The predicted molar refractivity (Wildman–Crippen MR) is 79.0 cm³/mol.